The first-order chi connectivity index (χ1) is 13.2. The van der Waals surface area contributed by atoms with Gasteiger partial charge in [0.15, 0.2) is 0 Å². The lowest BCUT2D eigenvalue weighted by Gasteiger charge is -2.14. The molecule has 1 N–H and O–H groups in total. The third kappa shape index (κ3) is 3.22. The molecule has 136 valence electrons. The quantitative estimate of drug-likeness (QED) is 0.771. The van der Waals surface area contributed by atoms with Crippen molar-refractivity contribution in [2.24, 2.45) is 0 Å². The molecule has 1 unspecified atom stereocenters. The summed E-state index contributed by atoms with van der Waals surface area (Å²) in [6.45, 7) is 2.73. The van der Waals surface area contributed by atoms with Crippen LogP contribution in [0.5, 0.6) is 0 Å². The highest BCUT2D eigenvalue weighted by molar-refractivity contribution is 5.88. The van der Waals surface area contributed by atoms with Crippen LogP contribution in [0.4, 0.5) is 4.79 Å². The Labute approximate surface area is 156 Å². The number of carbonyl (C=O) groups is 1. The van der Waals surface area contributed by atoms with Gasteiger partial charge in [0.2, 0.25) is 0 Å². The second kappa shape index (κ2) is 7.08. The molecule has 4 rings (SSSR count). The van der Waals surface area contributed by atoms with Gasteiger partial charge < -0.3 is 14.6 Å². The smallest absolute Gasteiger partial charge is 0.407 e. The maximum atomic E-state index is 11.8. The zero-order valence-corrected chi connectivity index (χ0v) is 15.0. The summed E-state index contributed by atoms with van der Waals surface area (Å²) in [5.74, 6) is 0. The van der Waals surface area contributed by atoms with E-state index in [4.69, 9.17) is 4.74 Å². The zero-order valence-electron chi connectivity index (χ0n) is 15.0. The number of nitriles is 1. The summed E-state index contributed by atoms with van der Waals surface area (Å²) < 4.78 is 7.22. The third-order valence-electron chi connectivity index (χ3n) is 4.84. The van der Waals surface area contributed by atoms with E-state index in [1.54, 1.807) is 25.5 Å². The number of aromatic nitrogens is 3. The molecule has 0 saturated carbocycles. The van der Waals surface area contributed by atoms with E-state index in [-0.39, 0.29) is 6.04 Å². The van der Waals surface area contributed by atoms with Crippen molar-refractivity contribution in [1.29, 1.82) is 5.26 Å². The van der Waals surface area contributed by atoms with Crippen LogP contribution in [0.15, 0.2) is 36.8 Å². The molecule has 0 spiro atoms. The van der Waals surface area contributed by atoms with Gasteiger partial charge in [-0.2, -0.15) is 5.26 Å². The topological polar surface area (TPSA) is 92.8 Å². The number of amides is 1. The van der Waals surface area contributed by atoms with Crippen LogP contribution >= 0.6 is 0 Å². The summed E-state index contributed by atoms with van der Waals surface area (Å²) >= 11 is 0. The van der Waals surface area contributed by atoms with Gasteiger partial charge >= 0.3 is 6.09 Å². The second-order valence-corrected chi connectivity index (χ2v) is 6.52. The van der Waals surface area contributed by atoms with E-state index in [0.717, 1.165) is 22.3 Å². The molecule has 3 aromatic rings. The fourth-order valence-corrected chi connectivity index (χ4v) is 3.76. The number of nitrogens with one attached hydrogen (secondary N) is 1. The van der Waals surface area contributed by atoms with Crippen LogP contribution in [0, 0.1) is 11.3 Å². The van der Waals surface area contributed by atoms with Gasteiger partial charge in [0.25, 0.3) is 0 Å². The predicted octanol–water partition coefficient (Wildman–Crippen LogP) is 2.56. The van der Waals surface area contributed by atoms with Crippen molar-refractivity contribution in [1.82, 2.24) is 19.9 Å². The average molecular weight is 361 g/mol. The number of carbonyl (C=O) groups excluding carboxylic acids is 1. The monoisotopic (exact) mass is 361 g/mol. The molecule has 7 heteroatoms. The Morgan fingerprint density at radius 2 is 2.30 bits per heavy atom. The van der Waals surface area contributed by atoms with Crippen molar-refractivity contribution in [3.63, 3.8) is 0 Å². The fraction of sp³-hybridized carbons (Fsp3) is 0.300. The first-order valence-electron chi connectivity index (χ1n) is 8.92. The minimum atomic E-state index is -0.393. The Morgan fingerprint density at radius 1 is 1.41 bits per heavy atom. The number of benzene rings is 1. The number of fused-ring (bicyclic) bond motifs is 3. The Morgan fingerprint density at radius 3 is 3.04 bits per heavy atom. The SMILES string of the molecule is CCOC(=O)NC1Cc2c(n(Cc3cnccn3)c3ccc(C#N)cc23)C1. The Kier molecular flexibility index (Phi) is 4.47. The van der Waals surface area contributed by atoms with Crippen molar-refractivity contribution < 1.29 is 9.53 Å². The lowest BCUT2D eigenvalue weighted by atomic mass is 10.1. The predicted molar refractivity (Wildman–Crippen MR) is 99.1 cm³/mol. The number of alkyl carbamates (subject to hydrolysis) is 1. The maximum Gasteiger partial charge on any atom is 0.407 e. The molecule has 0 saturated heterocycles. The van der Waals surface area contributed by atoms with Gasteiger partial charge in [-0.25, -0.2) is 4.79 Å². The average Bonchev–Trinajstić information content (AvgIpc) is 3.20. The lowest BCUT2D eigenvalue weighted by molar-refractivity contribution is 0.148. The summed E-state index contributed by atoms with van der Waals surface area (Å²) in [5, 5.41) is 13.3. The van der Waals surface area contributed by atoms with E-state index in [2.05, 4.69) is 25.9 Å². The number of hydrogen-bond acceptors (Lipinski definition) is 5. The lowest BCUT2D eigenvalue weighted by Crippen LogP contribution is -2.36. The van der Waals surface area contributed by atoms with E-state index in [9.17, 15) is 10.1 Å². The normalized spacial score (nSPS) is 15.3. The van der Waals surface area contributed by atoms with Crippen LogP contribution in [0.2, 0.25) is 0 Å². The van der Waals surface area contributed by atoms with Crippen molar-refractivity contribution in [2.75, 3.05) is 6.61 Å². The Bertz CT molecular complexity index is 1040. The summed E-state index contributed by atoms with van der Waals surface area (Å²) in [6.07, 6.45) is 6.12. The molecule has 2 aromatic heterocycles. The Hall–Kier alpha value is -3.40. The number of rotatable bonds is 4. The number of hydrogen-bond donors (Lipinski definition) is 1. The minimum absolute atomic E-state index is 0.0164. The molecule has 1 aliphatic carbocycles. The highest BCUT2D eigenvalue weighted by atomic mass is 16.5. The molecule has 0 aliphatic heterocycles. The van der Waals surface area contributed by atoms with Gasteiger partial charge in [0.1, 0.15) is 0 Å². The molecule has 27 heavy (non-hydrogen) atoms. The van der Waals surface area contributed by atoms with Crippen molar-refractivity contribution in [3.8, 4) is 6.07 Å². The van der Waals surface area contributed by atoms with Crippen LogP contribution in [0.1, 0.15) is 29.4 Å². The van der Waals surface area contributed by atoms with Crippen molar-refractivity contribution in [3.05, 3.63) is 59.3 Å². The standard InChI is InChI=1S/C20H19N5O2/c1-2-27-20(26)24-14-8-17-16-7-13(10-21)3-4-18(16)25(19(17)9-14)12-15-11-22-5-6-23-15/h3-7,11,14H,2,8-9,12H2,1H3,(H,24,26). The summed E-state index contributed by atoms with van der Waals surface area (Å²) in [6, 6.07) is 7.93. The molecule has 1 aromatic carbocycles. The number of nitrogens with zero attached hydrogens (tertiary/aromatic N) is 4. The van der Waals surface area contributed by atoms with Gasteiger partial charge in [-0.15, -0.1) is 0 Å². The van der Waals surface area contributed by atoms with Crippen LogP contribution in [0.3, 0.4) is 0 Å². The first-order valence-corrected chi connectivity index (χ1v) is 8.92. The van der Waals surface area contributed by atoms with Gasteiger partial charge in [-0.1, -0.05) is 0 Å². The highest BCUT2D eigenvalue weighted by Gasteiger charge is 2.30. The second-order valence-electron chi connectivity index (χ2n) is 6.52. The Balaban J connectivity index is 1.73. The molecule has 1 atom stereocenters. The van der Waals surface area contributed by atoms with Gasteiger partial charge in [0, 0.05) is 41.5 Å². The van der Waals surface area contributed by atoms with Gasteiger partial charge in [0.05, 0.1) is 36.7 Å². The van der Waals surface area contributed by atoms with E-state index < -0.39 is 6.09 Å². The summed E-state index contributed by atoms with van der Waals surface area (Å²) in [5.41, 5.74) is 4.90. The van der Waals surface area contributed by atoms with Crippen LogP contribution in [-0.2, 0) is 24.1 Å². The van der Waals surface area contributed by atoms with E-state index in [1.165, 1.54) is 5.56 Å². The molecule has 1 aliphatic rings. The maximum absolute atomic E-state index is 11.8. The molecule has 1 amide bonds. The molecule has 2 heterocycles. The molecular weight excluding hydrogens is 342 g/mol. The van der Waals surface area contributed by atoms with Gasteiger partial charge in [-0.05, 0) is 37.1 Å². The number of ether oxygens (including phenoxy) is 1. The molecule has 0 bridgehead atoms. The van der Waals surface area contributed by atoms with Crippen LogP contribution in [-0.4, -0.2) is 33.3 Å². The summed E-state index contributed by atoms with van der Waals surface area (Å²) in [7, 11) is 0. The fourth-order valence-electron chi connectivity index (χ4n) is 3.76. The summed E-state index contributed by atoms with van der Waals surface area (Å²) in [4.78, 5) is 20.3. The largest absolute Gasteiger partial charge is 0.450 e. The zero-order chi connectivity index (χ0) is 18.8. The molecule has 0 radical (unpaired) electrons. The van der Waals surface area contributed by atoms with E-state index in [1.807, 2.05) is 18.2 Å². The van der Waals surface area contributed by atoms with E-state index in [0.29, 0.717) is 31.6 Å². The van der Waals surface area contributed by atoms with E-state index >= 15 is 0 Å². The molecule has 7 nitrogen and oxygen atoms in total. The molecular formula is C20H19N5O2. The molecule has 0 fully saturated rings. The first kappa shape index (κ1) is 17.0. The van der Waals surface area contributed by atoms with Crippen LogP contribution < -0.4 is 5.32 Å². The third-order valence-corrected chi connectivity index (χ3v) is 4.84. The van der Waals surface area contributed by atoms with Crippen LogP contribution in [0.25, 0.3) is 10.9 Å². The van der Waals surface area contributed by atoms with Gasteiger partial charge in [-0.3, -0.25) is 9.97 Å². The minimum Gasteiger partial charge on any atom is -0.450 e. The highest BCUT2D eigenvalue weighted by Crippen LogP contribution is 2.34. The van der Waals surface area contributed by atoms with Crippen molar-refractivity contribution >= 4 is 17.0 Å². The van der Waals surface area contributed by atoms with Crippen molar-refractivity contribution in [2.45, 2.75) is 32.4 Å².